The van der Waals surface area contributed by atoms with Crippen LogP contribution < -0.4 is 24.8 Å². The zero-order valence-corrected chi connectivity index (χ0v) is 15.6. The van der Waals surface area contributed by atoms with E-state index in [4.69, 9.17) is 0 Å². The van der Waals surface area contributed by atoms with Gasteiger partial charge in [-0.2, -0.15) is 18.2 Å². The van der Waals surface area contributed by atoms with Crippen molar-refractivity contribution in [2.24, 2.45) is 0 Å². The molecule has 4 heteroatoms. The number of rotatable bonds is 0. The molecule has 0 bridgehead atoms. The van der Waals surface area contributed by atoms with Gasteiger partial charge in [-0.15, -0.1) is 8.19 Å². The van der Waals surface area contributed by atoms with Gasteiger partial charge in [0.2, 0.25) is 0 Å². The molecule has 0 fully saturated rings. The maximum atomic E-state index is 2.23. The van der Waals surface area contributed by atoms with E-state index >= 15 is 0 Å². The van der Waals surface area contributed by atoms with Crippen LogP contribution in [0.15, 0.2) is 30.3 Å². The van der Waals surface area contributed by atoms with Crippen molar-refractivity contribution in [3.05, 3.63) is 52.0 Å². The summed E-state index contributed by atoms with van der Waals surface area (Å²) in [5.74, 6) is 0. The summed E-state index contributed by atoms with van der Waals surface area (Å²) in [5, 5.41) is 3.15. The minimum Gasteiger partial charge on any atom is -1.00 e. The van der Waals surface area contributed by atoms with Gasteiger partial charge >= 0.3 is 26.2 Å². The van der Waals surface area contributed by atoms with Crippen LogP contribution in [0.4, 0.5) is 0 Å². The number of halogens is 2. The fourth-order valence-electron chi connectivity index (χ4n) is 1.35. The van der Waals surface area contributed by atoms with Gasteiger partial charge < -0.3 is 24.8 Å². The van der Waals surface area contributed by atoms with Crippen LogP contribution in [0.25, 0.3) is 0 Å². The number of hydrogen-bond acceptors (Lipinski definition) is 0. The molecule has 0 aliphatic carbocycles. The summed E-state index contributed by atoms with van der Waals surface area (Å²) in [6.45, 7) is 8.89. The Hall–Kier alpha value is 0.593. The van der Waals surface area contributed by atoms with Crippen molar-refractivity contribution in [2.45, 2.75) is 27.7 Å². The molecule has 2 rings (SSSR count). The Kier molecular flexibility index (Phi) is 15.6. The van der Waals surface area contributed by atoms with Crippen molar-refractivity contribution >= 4 is 8.19 Å². The van der Waals surface area contributed by atoms with Crippen LogP contribution in [-0.4, -0.2) is 0 Å². The molecule has 0 saturated heterocycles. The van der Waals surface area contributed by atoms with Gasteiger partial charge in [0.05, 0.1) is 0 Å². The summed E-state index contributed by atoms with van der Waals surface area (Å²) in [7, 11) is 0.976. The maximum Gasteiger partial charge on any atom is 3.00 e. The van der Waals surface area contributed by atoms with Crippen LogP contribution in [0.2, 0.25) is 0 Å². The Labute approximate surface area is 138 Å². The van der Waals surface area contributed by atoms with Gasteiger partial charge in [0.25, 0.3) is 0 Å². The van der Waals surface area contributed by atoms with Gasteiger partial charge in [0.15, 0.2) is 0 Å². The molecule has 17 heavy (non-hydrogen) atoms. The minimum atomic E-state index is 0. The maximum absolute atomic E-state index is 2.23. The Morgan fingerprint density at radius 2 is 1.18 bits per heavy atom. The van der Waals surface area contributed by atoms with Crippen molar-refractivity contribution in [1.29, 1.82) is 0 Å². The Morgan fingerprint density at radius 3 is 1.29 bits per heavy atom. The number of hydrogen-bond donors (Lipinski definition) is 0. The first-order valence-corrected chi connectivity index (χ1v) is 5.92. The van der Waals surface area contributed by atoms with Crippen LogP contribution in [0.5, 0.6) is 0 Å². The van der Waals surface area contributed by atoms with Crippen LogP contribution in [0.1, 0.15) is 21.7 Å². The molecule has 0 atom stereocenters. The molecule has 1 aromatic heterocycles. The normalized spacial score (nSPS) is 7.76. The molecule has 93 valence electrons. The zero-order valence-electron chi connectivity index (χ0n) is 10.6. The molecule has 0 spiro atoms. The summed E-state index contributed by atoms with van der Waals surface area (Å²) in [4.78, 5) is 0. The van der Waals surface area contributed by atoms with Gasteiger partial charge in [-0.05, 0) is 49.4 Å². The van der Waals surface area contributed by atoms with E-state index in [0.29, 0.717) is 0 Å². The monoisotopic (exact) mass is 365 g/mol. The van der Waals surface area contributed by atoms with E-state index in [2.05, 4.69) is 27.7 Å². The summed E-state index contributed by atoms with van der Waals surface area (Å²) < 4.78 is 0. The van der Waals surface area contributed by atoms with Crippen LogP contribution in [-0.2, 0) is 26.2 Å². The number of aryl methyl sites for hydroxylation is 2. The van der Waals surface area contributed by atoms with Gasteiger partial charge in [0.1, 0.15) is 0 Å². The third-order valence-corrected chi connectivity index (χ3v) is 4.12. The van der Waals surface area contributed by atoms with Crippen molar-refractivity contribution < 1.29 is 51.0 Å². The van der Waals surface area contributed by atoms with Gasteiger partial charge in [-0.25, -0.2) is 12.1 Å². The molecule has 0 saturated carbocycles. The first-order valence-electron chi connectivity index (χ1n) is 4.92. The average molecular weight is 367 g/mol. The van der Waals surface area contributed by atoms with Crippen molar-refractivity contribution in [2.75, 3.05) is 0 Å². The molecule has 0 unspecified atom stereocenters. The standard InChI is InChI=1S/C8H13P.C5H5.2ClH.Zr/c1-5-6(2)8(4)9-7(5)3;1-2-4-5-3-1;;;/h9H,1-4H3;1-5H;2*1H;/q;-1;;;+3/p-2. The Morgan fingerprint density at radius 1 is 0.824 bits per heavy atom. The van der Waals surface area contributed by atoms with Gasteiger partial charge in [-0.3, -0.25) is 0 Å². The zero-order chi connectivity index (χ0) is 10.6. The molecule has 0 nitrogen and oxygen atoms in total. The van der Waals surface area contributed by atoms with E-state index < -0.39 is 0 Å². The second-order valence-electron chi connectivity index (χ2n) is 3.59. The van der Waals surface area contributed by atoms with Crippen LogP contribution in [0.3, 0.4) is 0 Å². The van der Waals surface area contributed by atoms with E-state index in [1.165, 1.54) is 11.1 Å². The first kappa shape index (κ1) is 22.7. The van der Waals surface area contributed by atoms with Crippen LogP contribution >= 0.6 is 8.19 Å². The molecule has 2 aromatic rings. The molecule has 1 aromatic carbocycles. The molecule has 0 aliphatic heterocycles. The van der Waals surface area contributed by atoms with Crippen LogP contribution in [0, 0.1) is 27.7 Å². The third-order valence-electron chi connectivity index (χ3n) is 2.62. The summed E-state index contributed by atoms with van der Waals surface area (Å²) in [5.41, 5.74) is 3.04. The van der Waals surface area contributed by atoms with Crippen molar-refractivity contribution in [1.82, 2.24) is 0 Å². The predicted molar refractivity (Wildman–Crippen MR) is 66.9 cm³/mol. The fourth-order valence-corrected chi connectivity index (χ4v) is 2.66. The first-order chi connectivity index (χ1) is 6.63. The average Bonchev–Trinajstić information content (AvgIpc) is 2.78. The van der Waals surface area contributed by atoms with Crippen molar-refractivity contribution in [3.63, 3.8) is 0 Å². The topological polar surface area (TPSA) is 0 Å². The molecule has 1 heterocycles. The SMILES string of the molecule is Cc1[pH]c(C)c(C)c1C.[Cl-].[Cl-].[Zr+3].c1cc[cH-]c1. The molecular formula is C13H18Cl2PZr. The quantitative estimate of drug-likeness (QED) is 0.491. The third kappa shape index (κ3) is 7.58. The summed E-state index contributed by atoms with van der Waals surface area (Å²) in [6, 6.07) is 10.0. The van der Waals surface area contributed by atoms with E-state index in [0.717, 1.165) is 8.19 Å². The van der Waals surface area contributed by atoms with Gasteiger partial charge in [0, 0.05) is 0 Å². The molecular weight excluding hydrogens is 349 g/mol. The Balaban J connectivity index is -0.000000216. The molecule has 0 N–H and O–H groups in total. The van der Waals surface area contributed by atoms with E-state index in [9.17, 15) is 0 Å². The van der Waals surface area contributed by atoms with E-state index in [-0.39, 0.29) is 51.0 Å². The second kappa shape index (κ2) is 11.7. The summed E-state index contributed by atoms with van der Waals surface area (Å²) >= 11 is 0. The Bertz CT molecular complexity index is 341. The van der Waals surface area contributed by atoms with Gasteiger partial charge in [-0.1, -0.05) is 0 Å². The van der Waals surface area contributed by atoms with E-state index in [1.807, 2.05) is 30.3 Å². The molecule has 0 aliphatic rings. The fraction of sp³-hybridized carbons (Fsp3) is 0.308. The van der Waals surface area contributed by atoms with E-state index in [1.54, 1.807) is 10.6 Å². The summed E-state index contributed by atoms with van der Waals surface area (Å²) in [6.07, 6.45) is 0. The molecule has 1 radical (unpaired) electrons. The minimum absolute atomic E-state index is 0. The second-order valence-corrected chi connectivity index (χ2v) is 5.34. The molecule has 0 amide bonds. The van der Waals surface area contributed by atoms with Crippen molar-refractivity contribution in [3.8, 4) is 0 Å². The smallest absolute Gasteiger partial charge is 1.00 e. The largest absolute Gasteiger partial charge is 3.00 e. The predicted octanol–water partition coefficient (Wildman–Crippen LogP) is -1.64.